The first kappa shape index (κ1) is 17.5. The Labute approximate surface area is 148 Å². The van der Waals surface area contributed by atoms with Gasteiger partial charge in [0.2, 0.25) is 11.8 Å². The molecular formula is C19H25N3O3. The maximum absolute atomic E-state index is 12.6. The molecular weight excluding hydrogens is 318 g/mol. The summed E-state index contributed by atoms with van der Waals surface area (Å²) < 4.78 is 0. The number of piperidine rings is 1. The molecule has 6 nitrogen and oxygen atoms in total. The van der Waals surface area contributed by atoms with Gasteiger partial charge in [-0.15, -0.1) is 0 Å². The molecule has 2 aliphatic heterocycles. The van der Waals surface area contributed by atoms with E-state index >= 15 is 0 Å². The highest BCUT2D eigenvalue weighted by atomic mass is 16.2. The predicted molar refractivity (Wildman–Crippen MR) is 95.3 cm³/mol. The van der Waals surface area contributed by atoms with Crippen LogP contribution in [0.4, 0.5) is 5.69 Å². The Morgan fingerprint density at radius 2 is 1.80 bits per heavy atom. The van der Waals surface area contributed by atoms with E-state index in [9.17, 15) is 14.4 Å². The Kier molecular flexibility index (Phi) is 5.36. The molecule has 3 amide bonds. The molecule has 0 aromatic heterocycles. The van der Waals surface area contributed by atoms with Gasteiger partial charge in [0.25, 0.3) is 5.91 Å². The van der Waals surface area contributed by atoms with E-state index in [2.05, 4.69) is 5.32 Å². The highest BCUT2D eigenvalue weighted by Crippen LogP contribution is 2.23. The second-order valence-electron chi connectivity index (χ2n) is 6.66. The fourth-order valence-electron chi connectivity index (χ4n) is 3.55. The zero-order chi connectivity index (χ0) is 17.8. The molecule has 2 aliphatic rings. The van der Waals surface area contributed by atoms with Crippen molar-refractivity contribution < 1.29 is 14.4 Å². The maximum atomic E-state index is 12.6. The molecule has 0 radical (unpaired) electrons. The van der Waals surface area contributed by atoms with Gasteiger partial charge in [0.1, 0.15) is 0 Å². The molecule has 2 heterocycles. The number of rotatable bonds is 4. The molecule has 0 unspecified atom stereocenters. The predicted octanol–water partition coefficient (Wildman–Crippen LogP) is 1.80. The van der Waals surface area contributed by atoms with Crippen LogP contribution in [-0.4, -0.2) is 48.8 Å². The number of carbonyl (C=O) groups excluding carboxylic acids is 3. The molecule has 1 aromatic rings. The van der Waals surface area contributed by atoms with E-state index in [0.29, 0.717) is 44.5 Å². The van der Waals surface area contributed by atoms with Gasteiger partial charge in [-0.1, -0.05) is 0 Å². The second-order valence-corrected chi connectivity index (χ2v) is 6.66. The molecule has 2 fully saturated rings. The number of likely N-dealkylation sites (tertiary alicyclic amines) is 1. The lowest BCUT2D eigenvalue weighted by Gasteiger charge is -2.31. The van der Waals surface area contributed by atoms with Crippen LogP contribution in [0.5, 0.6) is 0 Å². The van der Waals surface area contributed by atoms with Crippen LogP contribution >= 0.6 is 0 Å². The van der Waals surface area contributed by atoms with Gasteiger partial charge in [-0.2, -0.15) is 0 Å². The van der Waals surface area contributed by atoms with Crippen molar-refractivity contribution in [1.29, 1.82) is 0 Å². The fraction of sp³-hybridized carbons (Fsp3) is 0.526. The number of nitrogens with zero attached hydrogens (tertiary/aromatic N) is 2. The van der Waals surface area contributed by atoms with Gasteiger partial charge < -0.3 is 15.1 Å². The summed E-state index contributed by atoms with van der Waals surface area (Å²) in [5, 5.41) is 2.85. The van der Waals surface area contributed by atoms with Crippen molar-refractivity contribution in [2.45, 2.75) is 32.6 Å². The quantitative estimate of drug-likeness (QED) is 0.906. The Morgan fingerprint density at radius 1 is 1.12 bits per heavy atom. The van der Waals surface area contributed by atoms with Crippen molar-refractivity contribution in [3.63, 3.8) is 0 Å². The number of nitrogens with one attached hydrogen (secondary N) is 1. The average Bonchev–Trinajstić information content (AvgIpc) is 3.07. The van der Waals surface area contributed by atoms with Crippen LogP contribution in [0.25, 0.3) is 0 Å². The van der Waals surface area contributed by atoms with Gasteiger partial charge in [-0.25, -0.2) is 0 Å². The first-order valence-electron chi connectivity index (χ1n) is 9.07. The van der Waals surface area contributed by atoms with Gasteiger partial charge >= 0.3 is 0 Å². The van der Waals surface area contributed by atoms with Crippen LogP contribution in [0.3, 0.4) is 0 Å². The van der Waals surface area contributed by atoms with Crippen molar-refractivity contribution in [1.82, 2.24) is 10.2 Å². The molecule has 0 atom stereocenters. The summed E-state index contributed by atoms with van der Waals surface area (Å²) in [5.74, 6) is 0.238. The highest BCUT2D eigenvalue weighted by Gasteiger charge is 2.28. The third-order valence-corrected chi connectivity index (χ3v) is 5.00. The molecule has 3 rings (SSSR count). The zero-order valence-corrected chi connectivity index (χ0v) is 14.7. The normalized spacial score (nSPS) is 18.5. The first-order chi connectivity index (χ1) is 12.1. The molecule has 0 spiro atoms. The minimum absolute atomic E-state index is 0.00588. The molecule has 1 N–H and O–H groups in total. The molecule has 6 heteroatoms. The van der Waals surface area contributed by atoms with Gasteiger partial charge in [0, 0.05) is 49.8 Å². The minimum atomic E-state index is -0.00588. The average molecular weight is 343 g/mol. The number of benzene rings is 1. The molecule has 134 valence electrons. The summed E-state index contributed by atoms with van der Waals surface area (Å²) in [4.78, 5) is 39.9. The van der Waals surface area contributed by atoms with E-state index in [0.717, 1.165) is 18.7 Å². The summed E-state index contributed by atoms with van der Waals surface area (Å²) in [6.45, 7) is 4.51. The van der Waals surface area contributed by atoms with Gasteiger partial charge in [-0.3, -0.25) is 14.4 Å². The largest absolute Gasteiger partial charge is 0.356 e. The number of carbonyl (C=O) groups is 3. The maximum Gasteiger partial charge on any atom is 0.253 e. The van der Waals surface area contributed by atoms with Crippen LogP contribution in [0, 0.1) is 5.92 Å². The lowest BCUT2D eigenvalue weighted by Crippen LogP contribution is -2.43. The summed E-state index contributed by atoms with van der Waals surface area (Å²) >= 11 is 0. The van der Waals surface area contributed by atoms with Crippen LogP contribution in [0.2, 0.25) is 0 Å². The van der Waals surface area contributed by atoms with E-state index in [1.165, 1.54) is 0 Å². The number of amides is 3. The molecule has 1 aromatic carbocycles. The lowest BCUT2D eigenvalue weighted by molar-refractivity contribution is -0.126. The van der Waals surface area contributed by atoms with Gasteiger partial charge in [0.15, 0.2) is 0 Å². The van der Waals surface area contributed by atoms with Crippen molar-refractivity contribution in [2.75, 3.05) is 31.1 Å². The first-order valence-corrected chi connectivity index (χ1v) is 9.07. The molecule has 25 heavy (non-hydrogen) atoms. The highest BCUT2D eigenvalue weighted by molar-refractivity contribution is 5.97. The van der Waals surface area contributed by atoms with Crippen molar-refractivity contribution in [3.8, 4) is 0 Å². The van der Waals surface area contributed by atoms with E-state index in [1.54, 1.807) is 17.0 Å². The molecule has 0 bridgehead atoms. The third-order valence-electron chi connectivity index (χ3n) is 5.00. The van der Waals surface area contributed by atoms with E-state index in [4.69, 9.17) is 0 Å². The fourth-order valence-corrected chi connectivity index (χ4v) is 3.55. The summed E-state index contributed by atoms with van der Waals surface area (Å²) in [6, 6.07) is 7.27. The topological polar surface area (TPSA) is 69.7 Å². The van der Waals surface area contributed by atoms with E-state index in [1.807, 2.05) is 24.0 Å². The van der Waals surface area contributed by atoms with Crippen LogP contribution in [-0.2, 0) is 9.59 Å². The Bertz CT molecular complexity index is 648. The third kappa shape index (κ3) is 3.83. The Hall–Kier alpha value is -2.37. The summed E-state index contributed by atoms with van der Waals surface area (Å²) in [7, 11) is 0. The summed E-state index contributed by atoms with van der Waals surface area (Å²) in [5.41, 5.74) is 1.49. The molecule has 0 aliphatic carbocycles. The smallest absolute Gasteiger partial charge is 0.253 e. The minimum Gasteiger partial charge on any atom is -0.356 e. The van der Waals surface area contributed by atoms with Crippen LogP contribution in [0.15, 0.2) is 24.3 Å². The second kappa shape index (κ2) is 7.68. The monoisotopic (exact) mass is 343 g/mol. The van der Waals surface area contributed by atoms with Crippen molar-refractivity contribution in [2.24, 2.45) is 5.92 Å². The van der Waals surface area contributed by atoms with E-state index < -0.39 is 0 Å². The number of anilines is 1. The van der Waals surface area contributed by atoms with Gasteiger partial charge in [0.05, 0.1) is 0 Å². The van der Waals surface area contributed by atoms with E-state index in [-0.39, 0.29) is 23.6 Å². The number of hydrogen-bond donors (Lipinski definition) is 1. The van der Waals surface area contributed by atoms with Gasteiger partial charge in [-0.05, 0) is 50.5 Å². The van der Waals surface area contributed by atoms with Crippen molar-refractivity contribution in [3.05, 3.63) is 29.8 Å². The molecule has 2 saturated heterocycles. The molecule has 0 saturated carbocycles. The summed E-state index contributed by atoms with van der Waals surface area (Å²) in [6.07, 6.45) is 2.90. The number of hydrogen-bond acceptors (Lipinski definition) is 3. The Morgan fingerprint density at radius 3 is 2.36 bits per heavy atom. The Balaban J connectivity index is 1.58. The standard InChI is InChI=1S/C19H25N3O3/c1-2-20-18(24)14-9-12-21(13-10-14)19(25)15-5-7-16(8-6-15)22-11-3-4-17(22)23/h5-8,14H,2-4,9-13H2,1H3,(H,20,24). The van der Waals surface area contributed by atoms with Crippen LogP contribution < -0.4 is 10.2 Å². The van der Waals surface area contributed by atoms with Crippen molar-refractivity contribution >= 4 is 23.4 Å². The van der Waals surface area contributed by atoms with Crippen LogP contribution in [0.1, 0.15) is 43.0 Å². The zero-order valence-electron chi connectivity index (χ0n) is 14.7. The SMILES string of the molecule is CCNC(=O)C1CCN(C(=O)c2ccc(N3CCCC3=O)cc2)CC1. The lowest BCUT2D eigenvalue weighted by atomic mass is 9.95.